The molecule has 0 unspecified atom stereocenters. The van der Waals surface area contributed by atoms with Crippen LogP contribution in [0.3, 0.4) is 0 Å². The van der Waals surface area contributed by atoms with E-state index < -0.39 is 0 Å². The zero-order valence-electron chi connectivity index (χ0n) is 7.73. The molecule has 1 aromatic rings. The molecule has 0 amide bonds. The van der Waals surface area contributed by atoms with Crippen LogP contribution in [0.5, 0.6) is 0 Å². The average molecular weight is 178 g/mol. The summed E-state index contributed by atoms with van der Waals surface area (Å²) in [4.78, 5) is 0. The second-order valence-corrected chi connectivity index (χ2v) is 3.75. The second-order valence-electron chi connectivity index (χ2n) is 3.75. The summed E-state index contributed by atoms with van der Waals surface area (Å²) >= 11 is 0. The molecular formula is C11H14O2. The van der Waals surface area contributed by atoms with E-state index >= 15 is 0 Å². The molecule has 13 heavy (non-hydrogen) atoms. The molecule has 1 aliphatic rings. The SMILES string of the molecule is C[C@]1(CO)OC[C@H]1c1ccccc1. The van der Waals surface area contributed by atoms with Gasteiger partial charge >= 0.3 is 0 Å². The van der Waals surface area contributed by atoms with Gasteiger partial charge in [0.15, 0.2) is 0 Å². The topological polar surface area (TPSA) is 29.5 Å². The van der Waals surface area contributed by atoms with Crippen molar-refractivity contribution in [3.8, 4) is 0 Å². The van der Waals surface area contributed by atoms with E-state index in [4.69, 9.17) is 9.84 Å². The van der Waals surface area contributed by atoms with E-state index in [9.17, 15) is 0 Å². The van der Waals surface area contributed by atoms with Gasteiger partial charge in [-0.2, -0.15) is 0 Å². The molecule has 2 nitrogen and oxygen atoms in total. The van der Waals surface area contributed by atoms with Crippen molar-refractivity contribution in [2.24, 2.45) is 0 Å². The van der Waals surface area contributed by atoms with Crippen molar-refractivity contribution in [3.63, 3.8) is 0 Å². The summed E-state index contributed by atoms with van der Waals surface area (Å²) in [5, 5.41) is 9.15. The summed E-state index contributed by atoms with van der Waals surface area (Å²) in [5.74, 6) is 0.346. The third-order valence-electron chi connectivity index (χ3n) is 2.83. The molecule has 1 heterocycles. The van der Waals surface area contributed by atoms with Gasteiger partial charge in [-0.05, 0) is 12.5 Å². The first-order valence-corrected chi connectivity index (χ1v) is 4.56. The van der Waals surface area contributed by atoms with Crippen molar-refractivity contribution in [1.29, 1.82) is 0 Å². The number of rotatable bonds is 2. The van der Waals surface area contributed by atoms with E-state index in [-0.39, 0.29) is 12.2 Å². The fraction of sp³-hybridized carbons (Fsp3) is 0.455. The molecule has 0 radical (unpaired) electrons. The monoisotopic (exact) mass is 178 g/mol. The zero-order chi connectivity index (χ0) is 9.31. The molecule has 1 aromatic carbocycles. The highest BCUT2D eigenvalue weighted by atomic mass is 16.5. The predicted octanol–water partition coefficient (Wildman–Crippen LogP) is 1.55. The molecule has 0 saturated carbocycles. The summed E-state index contributed by atoms with van der Waals surface area (Å²) in [7, 11) is 0. The molecule has 1 saturated heterocycles. The summed E-state index contributed by atoms with van der Waals surface area (Å²) in [6.07, 6.45) is 0. The van der Waals surface area contributed by atoms with Gasteiger partial charge in [-0.15, -0.1) is 0 Å². The number of ether oxygens (including phenoxy) is 1. The Labute approximate surface area is 78.2 Å². The van der Waals surface area contributed by atoms with E-state index in [1.54, 1.807) is 0 Å². The van der Waals surface area contributed by atoms with Crippen molar-refractivity contribution in [1.82, 2.24) is 0 Å². The largest absolute Gasteiger partial charge is 0.393 e. The summed E-state index contributed by atoms with van der Waals surface area (Å²) in [5.41, 5.74) is 0.895. The van der Waals surface area contributed by atoms with Gasteiger partial charge in [0.2, 0.25) is 0 Å². The number of aliphatic hydroxyl groups is 1. The average Bonchev–Trinajstić information content (AvgIpc) is 2.17. The van der Waals surface area contributed by atoms with Crippen molar-refractivity contribution >= 4 is 0 Å². The molecule has 2 heteroatoms. The lowest BCUT2D eigenvalue weighted by Gasteiger charge is -2.46. The van der Waals surface area contributed by atoms with Crippen LogP contribution in [0.4, 0.5) is 0 Å². The maximum absolute atomic E-state index is 9.15. The van der Waals surface area contributed by atoms with Crippen LogP contribution >= 0.6 is 0 Å². The van der Waals surface area contributed by atoms with Gasteiger partial charge in [0.25, 0.3) is 0 Å². The van der Waals surface area contributed by atoms with Crippen LogP contribution in [0, 0.1) is 0 Å². The minimum atomic E-state index is -0.360. The van der Waals surface area contributed by atoms with Crippen molar-refractivity contribution < 1.29 is 9.84 Å². The van der Waals surface area contributed by atoms with Gasteiger partial charge in [0.05, 0.1) is 18.8 Å². The fourth-order valence-corrected chi connectivity index (χ4v) is 1.74. The van der Waals surface area contributed by atoms with Crippen molar-refractivity contribution in [3.05, 3.63) is 35.9 Å². The molecule has 1 N–H and O–H groups in total. The molecule has 70 valence electrons. The summed E-state index contributed by atoms with van der Waals surface area (Å²) in [6.45, 7) is 2.77. The number of aliphatic hydroxyl groups excluding tert-OH is 1. The maximum Gasteiger partial charge on any atom is 0.0974 e. The smallest absolute Gasteiger partial charge is 0.0974 e. The second kappa shape index (κ2) is 3.13. The van der Waals surface area contributed by atoms with Crippen LogP contribution in [0.25, 0.3) is 0 Å². The molecule has 2 atom stereocenters. The lowest BCUT2D eigenvalue weighted by molar-refractivity contribution is -0.179. The molecular weight excluding hydrogens is 164 g/mol. The Hall–Kier alpha value is -0.860. The van der Waals surface area contributed by atoms with Gasteiger partial charge in [-0.3, -0.25) is 0 Å². The third kappa shape index (κ3) is 1.36. The molecule has 1 fully saturated rings. The first kappa shape index (κ1) is 8.73. The standard InChI is InChI=1S/C11H14O2/c1-11(8-12)10(7-13-11)9-5-3-2-4-6-9/h2-6,10,12H,7-8H2,1H3/t10-,11+/m0/s1. The van der Waals surface area contributed by atoms with Gasteiger partial charge in [-0.1, -0.05) is 30.3 Å². The molecule has 0 aromatic heterocycles. The number of hydrogen-bond acceptors (Lipinski definition) is 2. The van der Waals surface area contributed by atoms with Crippen molar-refractivity contribution in [2.75, 3.05) is 13.2 Å². The summed E-state index contributed by atoms with van der Waals surface area (Å²) in [6, 6.07) is 10.2. The summed E-state index contributed by atoms with van der Waals surface area (Å²) < 4.78 is 5.38. The van der Waals surface area contributed by atoms with Crippen LogP contribution in [0.15, 0.2) is 30.3 Å². The Bertz CT molecular complexity index is 279. The highest BCUT2D eigenvalue weighted by molar-refractivity contribution is 5.25. The van der Waals surface area contributed by atoms with E-state index in [0.29, 0.717) is 5.92 Å². The van der Waals surface area contributed by atoms with Crippen LogP contribution in [0.2, 0.25) is 0 Å². The first-order valence-electron chi connectivity index (χ1n) is 4.56. The normalized spacial score (nSPS) is 32.6. The van der Waals surface area contributed by atoms with E-state index in [2.05, 4.69) is 12.1 Å². The predicted molar refractivity (Wildman–Crippen MR) is 50.6 cm³/mol. The van der Waals surface area contributed by atoms with Crippen LogP contribution in [-0.4, -0.2) is 23.9 Å². The lowest BCUT2D eigenvalue weighted by Crippen LogP contribution is -2.52. The van der Waals surface area contributed by atoms with E-state index in [0.717, 1.165) is 6.61 Å². The maximum atomic E-state index is 9.15. The van der Waals surface area contributed by atoms with Gasteiger partial charge in [0.1, 0.15) is 0 Å². The quantitative estimate of drug-likeness (QED) is 0.744. The Morgan fingerprint density at radius 3 is 2.62 bits per heavy atom. The lowest BCUT2D eigenvalue weighted by atomic mass is 9.80. The van der Waals surface area contributed by atoms with Gasteiger partial charge < -0.3 is 9.84 Å². The van der Waals surface area contributed by atoms with Crippen LogP contribution in [0.1, 0.15) is 18.4 Å². The zero-order valence-corrected chi connectivity index (χ0v) is 7.73. The van der Waals surface area contributed by atoms with E-state index in [1.165, 1.54) is 5.56 Å². The van der Waals surface area contributed by atoms with Crippen LogP contribution in [-0.2, 0) is 4.74 Å². The third-order valence-corrected chi connectivity index (χ3v) is 2.83. The van der Waals surface area contributed by atoms with E-state index in [1.807, 2.05) is 25.1 Å². The highest BCUT2D eigenvalue weighted by Gasteiger charge is 2.44. The highest BCUT2D eigenvalue weighted by Crippen LogP contribution is 2.40. The first-order chi connectivity index (χ1) is 6.26. The molecule has 0 aliphatic carbocycles. The molecule has 1 aliphatic heterocycles. The Morgan fingerprint density at radius 1 is 1.46 bits per heavy atom. The van der Waals surface area contributed by atoms with Gasteiger partial charge in [0, 0.05) is 5.92 Å². The molecule has 0 bridgehead atoms. The van der Waals surface area contributed by atoms with Crippen molar-refractivity contribution in [2.45, 2.75) is 18.4 Å². The Balaban J connectivity index is 2.20. The minimum absolute atomic E-state index is 0.0898. The minimum Gasteiger partial charge on any atom is -0.393 e. The van der Waals surface area contributed by atoms with Gasteiger partial charge in [-0.25, -0.2) is 0 Å². The molecule has 0 spiro atoms. The number of benzene rings is 1. The Morgan fingerprint density at radius 2 is 2.15 bits per heavy atom. The Kier molecular flexibility index (Phi) is 2.10. The molecule has 2 rings (SSSR count). The fourth-order valence-electron chi connectivity index (χ4n) is 1.74. The number of hydrogen-bond donors (Lipinski definition) is 1. The van der Waals surface area contributed by atoms with Crippen LogP contribution < -0.4 is 0 Å².